The summed E-state index contributed by atoms with van der Waals surface area (Å²) in [5.41, 5.74) is 2.04. The number of carboxylic acids is 1. The van der Waals surface area contributed by atoms with E-state index in [1.165, 1.54) is 0 Å². The summed E-state index contributed by atoms with van der Waals surface area (Å²) in [6.07, 6.45) is 0. The maximum Gasteiger partial charge on any atom is 0.337 e. The number of aromatic carboxylic acids is 1. The number of aryl methyl sites for hydroxylation is 1. The van der Waals surface area contributed by atoms with Crippen LogP contribution in [0.2, 0.25) is 0 Å². The molecule has 0 radical (unpaired) electrons. The Morgan fingerprint density at radius 2 is 1.94 bits per heavy atom. The largest absolute Gasteiger partial charge is 0.478 e. The van der Waals surface area contributed by atoms with Crippen molar-refractivity contribution in [3.05, 3.63) is 29.3 Å². The molecule has 2 N–H and O–H groups in total. The Kier molecular flexibility index (Phi) is 3.93. The smallest absolute Gasteiger partial charge is 0.337 e. The third-order valence-electron chi connectivity index (χ3n) is 2.88. The van der Waals surface area contributed by atoms with Gasteiger partial charge in [-0.3, -0.25) is 0 Å². The third kappa shape index (κ3) is 2.75. The molecule has 88 valence electrons. The van der Waals surface area contributed by atoms with Gasteiger partial charge in [-0.15, -0.1) is 0 Å². The van der Waals surface area contributed by atoms with E-state index in [2.05, 4.69) is 26.1 Å². The molecule has 0 fully saturated rings. The summed E-state index contributed by atoms with van der Waals surface area (Å²) >= 11 is 0. The van der Waals surface area contributed by atoms with Crippen LogP contribution in [-0.2, 0) is 0 Å². The minimum Gasteiger partial charge on any atom is -0.478 e. The minimum absolute atomic E-state index is 0.249. The molecule has 16 heavy (non-hydrogen) atoms. The van der Waals surface area contributed by atoms with Crippen molar-refractivity contribution in [3.8, 4) is 0 Å². The molecule has 0 aliphatic heterocycles. The van der Waals surface area contributed by atoms with E-state index in [4.69, 9.17) is 5.11 Å². The van der Waals surface area contributed by atoms with Crippen molar-refractivity contribution >= 4 is 11.7 Å². The molecule has 0 saturated heterocycles. The van der Waals surface area contributed by atoms with Gasteiger partial charge in [-0.25, -0.2) is 4.79 Å². The molecule has 0 amide bonds. The van der Waals surface area contributed by atoms with Gasteiger partial charge in [0, 0.05) is 6.04 Å². The van der Waals surface area contributed by atoms with Crippen molar-refractivity contribution in [1.82, 2.24) is 0 Å². The van der Waals surface area contributed by atoms with Gasteiger partial charge in [0.25, 0.3) is 0 Å². The van der Waals surface area contributed by atoms with Crippen LogP contribution in [-0.4, -0.2) is 17.1 Å². The summed E-state index contributed by atoms with van der Waals surface area (Å²) < 4.78 is 0. The molecule has 0 saturated carbocycles. The average Bonchev–Trinajstić information content (AvgIpc) is 2.20. The van der Waals surface area contributed by atoms with Crippen molar-refractivity contribution < 1.29 is 9.90 Å². The van der Waals surface area contributed by atoms with Crippen molar-refractivity contribution in [2.24, 2.45) is 5.92 Å². The highest BCUT2D eigenvalue weighted by Gasteiger charge is 2.15. The molecule has 3 nitrogen and oxygen atoms in total. The Bertz CT molecular complexity index is 386. The number of carboxylic acid groups (broad SMARTS) is 1. The van der Waals surface area contributed by atoms with Gasteiger partial charge in [0.05, 0.1) is 11.3 Å². The topological polar surface area (TPSA) is 49.3 Å². The molecule has 0 aliphatic rings. The van der Waals surface area contributed by atoms with Crippen LogP contribution >= 0.6 is 0 Å². The lowest BCUT2D eigenvalue weighted by molar-refractivity contribution is 0.0698. The Labute approximate surface area is 96.5 Å². The first-order valence-corrected chi connectivity index (χ1v) is 5.53. The second-order valence-corrected chi connectivity index (χ2v) is 4.48. The van der Waals surface area contributed by atoms with Gasteiger partial charge >= 0.3 is 5.97 Å². The van der Waals surface area contributed by atoms with E-state index >= 15 is 0 Å². The zero-order chi connectivity index (χ0) is 12.3. The van der Waals surface area contributed by atoms with Crippen molar-refractivity contribution in [2.45, 2.75) is 33.7 Å². The Morgan fingerprint density at radius 3 is 2.44 bits per heavy atom. The molecule has 0 spiro atoms. The standard InChI is InChI=1S/C13H19NO2/c1-8(2)10(4)14-12-9(3)6-5-7-11(12)13(15)16/h5-8,10,14H,1-4H3,(H,15,16). The van der Waals surface area contributed by atoms with Gasteiger partial charge in [-0.1, -0.05) is 26.0 Å². The SMILES string of the molecule is Cc1cccc(C(=O)O)c1NC(C)C(C)C. The van der Waals surface area contributed by atoms with Gasteiger partial charge < -0.3 is 10.4 Å². The van der Waals surface area contributed by atoms with E-state index in [9.17, 15) is 4.79 Å². The predicted octanol–water partition coefficient (Wildman–Crippen LogP) is 3.15. The van der Waals surface area contributed by atoms with Crippen LogP contribution in [0.25, 0.3) is 0 Å². The van der Waals surface area contributed by atoms with Crippen molar-refractivity contribution in [2.75, 3.05) is 5.32 Å². The first kappa shape index (κ1) is 12.6. The zero-order valence-electron chi connectivity index (χ0n) is 10.2. The summed E-state index contributed by atoms with van der Waals surface area (Å²) in [4.78, 5) is 11.1. The number of hydrogen-bond donors (Lipinski definition) is 2. The van der Waals surface area contributed by atoms with Gasteiger partial charge in [0.2, 0.25) is 0 Å². The highest BCUT2D eigenvalue weighted by atomic mass is 16.4. The Morgan fingerprint density at radius 1 is 1.31 bits per heavy atom. The number of carbonyl (C=O) groups is 1. The molecular weight excluding hydrogens is 202 g/mol. The molecule has 1 atom stereocenters. The van der Waals surface area contributed by atoms with E-state index in [0.717, 1.165) is 11.3 Å². The molecule has 0 aliphatic carbocycles. The number of nitrogens with one attached hydrogen (secondary N) is 1. The van der Waals surface area contributed by atoms with Gasteiger partial charge in [-0.05, 0) is 31.4 Å². The molecule has 1 aromatic rings. The first-order valence-electron chi connectivity index (χ1n) is 5.53. The van der Waals surface area contributed by atoms with Crippen LogP contribution in [0.3, 0.4) is 0 Å². The zero-order valence-corrected chi connectivity index (χ0v) is 10.2. The molecular formula is C13H19NO2. The van der Waals surface area contributed by atoms with E-state index < -0.39 is 5.97 Å². The maximum atomic E-state index is 11.1. The quantitative estimate of drug-likeness (QED) is 0.821. The van der Waals surface area contributed by atoms with Crippen LogP contribution in [0.5, 0.6) is 0 Å². The molecule has 1 rings (SSSR count). The van der Waals surface area contributed by atoms with Gasteiger partial charge in [-0.2, -0.15) is 0 Å². The number of anilines is 1. The van der Waals surface area contributed by atoms with Gasteiger partial charge in [0.15, 0.2) is 0 Å². The fourth-order valence-corrected chi connectivity index (χ4v) is 1.43. The van der Waals surface area contributed by atoms with E-state index in [-0.39, 0.29) is 6.04 Å². The van der Waals surface area contributed by atoms with E-state index in [1.54, 1.807) is 12.1 Å². The third-order valence-corrected chi connectivity index (χ3v) is 2.88. The van der Waals surface area contributed by atoms with Crippen molar-refractivity contribution in [1.29, 1.82) is 0 Å². The summed E-state index contributed by atoms with van der Waals surface area (Å²) in [7, 11) is 0. The lowest BCUT2D eigenvalue weighted by Gasteiger charge is -2.21. The molecule has 0 bridgehead atoms. The summed E-state index contributed by atoms with van der Waals surface area (Å²) in [5.74, 6) is -0.427. The molecule has 0 aromatic heterocycles. The fourth-order valence-electron chi connectivity index (χ4n) is 1.43. The van der Waals surface area contributed by atoms with Gasteiger partial charge in [0.1, 0.15) is 0 Å². The molecule has 1 unspecified atom stereocenters. The Hall–Kier alpha value is -1.51. The van der Waals surface area contributed by atoms with Crippen LogP contribution in [0.15, 0.2) is 18.2 Å². The lowest BCUT2D eigenvalue weighted by atomic mass is 10.0. The summed E-state index contributed by atoms with van der Waals surface area (Å²) in [5, 5.41) is 12.4. The monoisotopic (exact) mass is 221 g/mol. The van der Waals surface area contributed by atoms with Crippen LogP contribution in [0.4, 0.5) is 5.69 Å². The van der Waals surface area contributed by atoms with Crippen molar-refractivity contribution in [3.63, 3.8) is 0 Å². The average molecular weight is 221 g/mol. The lowest BCUT2D eigenvalue weighted by Crippen LogP contribution is -2.23. The van der Waals surface area contributed by atoms with E-state index in [1.807, 2.05) is 13.0 Å². The summed E-state index contributed by atoms with van der Waals surface area (Å²) in [6.45, 7) is 8.19. The number of benzene rings is 1. The maximum absolute atomic E-state index is 11.1. The van der Waals surface area contributed by atoms with Crippen LogP contribution < -0.4 is 5.32 Å². The first-order chi connectivity index (χ1) is 7.43. The highest BCUT2D eigenvalue weighted by molar-refractivity contribution is 5.95. The predicted molar refractivity (Wildman–Crippen MR) is 66.1 cm³/mol. The normalized spacial score (nSPS) is 12.6. The Balaban J connectivity index is 3.06. The van der Waals surface area contributed by atoms with Crippen LogP contribution in [0, 0.1) is 12.8 Å². The second-order valence-electron chi connectivity index (χ2n) is 4.48. The number of para-hydroxylation sites is 1. The molecule has 3 heteroatoms. The number of rotatable bonds is 4. The van der Waals surface area contributed by atoms with E-state index in [0.29, 0.717) is 11.5 Å². The van der Waals surface area contributed by atoms with Crippen LogP contribution in [0.1, 0.15) is 36.7 Å². The molecule has 1 aromatic carbocycles. The second kappa shape index (κ2) is 5.01. The number of hydrogen-bond acceptors (Lipinski definition) is 2. The molecule has 0 heterocycles. The summed E-state index contributed by atoms with van der Waals surface area (Å²) in [6, 6.07) is 5.57. The fraction of sp³-hybridized carbons (Fsp3) is 0.462. The highest BCUT2D eigenvalue weighted by Crippen LogP contribution is 2.22. The minimum atomic E-state index is -0.887.